The molecule has 0 bridgehead atoms. The predicted molar refractivity (Wildman–Crippen MR) is 135 cm³/mol. The van der Waals surface area contributed by atoms with Crippen LogP contribution < -0.4 is 10.6 Å². The first-order valence-electron chi connectivity index (χ1n) is 11.6. The summed E-state index contributed by atoms with van der Waals surface area (Å²) in [6.07, 6.45) is -8.13. The normalized spacial score (nSPS) is 14.9. The van der Waals surface area contributed by atoms with Crippen LogP contribution in [-0.4, -0.2) is 24.7 Å². The minimum Gasteiger partial charge on any atom is -0.384 e. The number of halogens is 7. The van der Waals surface area contributed by atoms with Gasteiger partial charge < -0.3 is 10.6 Å². The lowest BCUT2D eigenvalue weighted by molar-refractivity contribution is -0.137. The van der Waals surface area contributed by atoms with E-state index in [9.17, 15) is 35.9 Å². The third-order valence-corrected chi connectivity index (χ3v) is 6.53. The minimum absolute atomic E-state index is 0.0828. The second-order valence-electron chi connectivity index (χ2n) is 8.80. The van der Waals surface area contributed by atoms with E-state index in [0.717, 1.165) is 17.7 Å². The number of carbonyl (C=O) groups excluding carboxylic acids is 2. The molecule has 0 aromatic heterocycles. The minimum atomic E-state index is -4.48. The summed E-state index contributed by atoms with van der Waals surface area (Å²) in [4.78, 5) is 23.5. The Morgan fingerprint density at radius 2 is 1.18 bits per heavy atom. The molecule has 0 spiro atoms. The van der Waals surface area contributed by atoms with Crippen LogP contribution in [0.3, 0.4) is 0 Å². The van der Waals surface area contributed by atoms with Crippen LogP contribution in [0.4, 0.5) is 37.7 Å². The Kier molecular flexibility index (Phi) is 7.87. The molecule has 3 aromatic rings. The Morgan fingerprint density at radius 3 is 1.71 bits per heavy atom. The zero-order valence-electron chi connectivity index (χ0n) is 19.7. The second kappa shape index (κ2) is 10.8. The van der Waals surface area contributed by atoms with E-state index in [2.05, 4.69) is 26.6 Å². The molecule has 200 valence electrons. The lowest BCUT2D eigenvalue weighted by Gasteiger charge is -2.23. The van der Waals surface area contributed by atoms with E-state index < -0.39 is 23.5 Å². The van der Waals surface area contributed by atoms with Crippen molar-refractivity contribution in [2.75, 3.05) is 23.7 Å². The fourth-order valence-electron chi connectivity index (χ4n) is 4.38. The van der Waals surface area contributed by atoms with Crippen molar-refractivity contribution in [2.45, 2.75) is 31.6 Å². The van der Waals surface area contributed by atoms with Crippen LogP contribution in [0, 0.1) is 0 Å². The Labute approximate surface area is 222 Å². The van der Waals surface area contributed by atoms with Gasteiger partial charge in [-0.05, 0) is 41.8 Å². The van der Waals surface area contributed by atoms with Gasteiger partial charge in [0.05, 0.1) is 22.5 Å². The van der Waals surface area contributed by atoms with E-state index in [1.165, 1.54) is 6.07 Å². The van der Waals surface area contributed by atoms with Gasteiger partial charge in [0, 0.05) is 41.5 Å². The molecular weight excluding hydrogens is 578 g/mol. The van der Waals surface area contributed by atoms with E-state index in [1.807, 2.05) is 30.3 Å². The molecule has 11 heteroatoms. The van der Waals surface area contributed by atoms with Gasteiger partial charge in [-0.3, -0.25) is 9.59 Å². The smallest absolute Gasteiger partial charge is 0.384 e. The van der Waals surface area contributed by atoms with Crippen molar-refractivity contribution in [1.82, 2.24) is 0 Å². The molecule has 0 fully saturated rings. The maximum atomic E-state index is 13.3. The highest BCUT2D eigenvalue weighted by Gasteiger charge is 2.38. The first kappa shape index (κ1) is 27.7. The standard InChI is InChI=1S/C17H14F3NO.C10H7BrF3NO/c18-17(19,20)14-10-12(8-11-4-2-1-3-5-11)9-13-15(22)6-7-21-16(13)14;11-5-3-6-8(16)1-2-15-9(6)7(4-5)10(12,13)14/h1-5,9-10,21H,6-8H2;3-4,15H,1-2H2. The second-order valence-corrected chi connectivity index (χ2v) is 9.72. The highest BCUT2D eigenvalue weighted by Crippen LogP contribution is 2.41. The summed E-state index contributed by atoms with van der Waals surface area (Å²) in [5.74, 6) is -0.505. The Balaban J connectivity index is 0.000000186. The molecule has 5 rings (SSSR count). The van der Waals surface area contributed by atoms with E-state index in [1.54, 1.807) is 6.07 Å². The molecule has 2 N–H and O–H groups in total. The maximum absolute atomic E-state index is 13.3. The number of hydrogen-bond acceptors (Lipinski definition) is 4. The number of fused-ring (bicyclic) bond motifs is 2. The molecule has 4 nitrogen and oxygen atoms in total. The molecule has 3 aromatic carbocycles. The van der Waals surface area contributed by atoms with Crippen molar-refractivity contribution >= 4 is 38.9 Å². The van der Waals surface area contributed by atoms with Crippen LogP contribution in [0.15, 0.2) is 59.1 Å². The number of carbonyl (C=O) groups is 2. The van der Waals surface area contributed by atoms with Crippen LogP contribution in [0.25, 0.3) is 0 Å². The number of anilines is 2. The van der Waals surface area contributed by atoms with Gasteiger partial charge in [0.15, 0.2) is 11.6 Å². The summed E-state index contributed by atoms with van der Waals surface area (Å²) < 4.78 is 78.2. The van der Waals surface area contributed by atoms with E-state index >= 15 is 0 Å². The Morgan fingerprint density at radius 1 is 0.684 bits per heavy atom. The fraction of sp³-hybridized carbons (Fsp3) is 0.259. The molecule has 38 heavy (non-hydrogen) atoms. The summed E-state index contributed by atoms with van der Waals surface area (Å²) in [5, 5.41) is 5.35. The van der Waals surface area contributed by atoms with Crippen LogP contribution in [0.1, 0.15) is 55.8 Å². The van der Waals surface area contributed by atoms with E-state index in [4.69, 9.17) is 0 Å². The van der Waals surface area contributed by atoms with Crippen molar-refractivity contribution in [3.8, 4) is 0 Å². The zero-order valence-corrected chi connectivity index (χ0v) is 21.3. The average Bonchev–Trinajstić information content (AvgIpc) is 2.84. The topological polar surface area (TPSA) is 58.2 Å². The van der Waals surface area contributed by atoms with E-state index in [-0.39, 0.29) is 64.5 Å². The lowest BCUT2D eigenvalue weighted by atomic mass is 9.93. The third-order valence-electron chi connectivity index (χ3n) is 6.07. The SMILES string of the molecule is O=C1CCNc2c1cc(Br)cc2C(F)(F)F.O=C1CCNc2c1cc(Cc1ccccc1)cc2C(F)(F)F. The maximum Gasteiger partial charge on any atom is 0.418 e. The molecule has 2 aliphatic rings. The van der Waals surface area contributed by atoms with Crippen LogP contribution >= 0.6 is 15.9 Å². The summed E-state index contributed by atoms with van der Waals surface area (Å²) >= 11 is 2.98. The van der Waals surface area contributed by atoms with E-state index in [0.29, 0.717) is 12.0 Å². The third kappa shape index (κ3) is 6.20. The van der Waals surface area contributed by atoms with Crippen LogP contribution in [-0.2, 0) is 18.8 Å². The summed E-state index contributed by atoms with van der Waals surface area (Å²) in [5.41, 5.74) is -0.0949. The van der Waals surface area contributed by atoms with Gasteiger partial charge in [-0.2, -0.15) is 26.3 Å². The number of Topliss-reactive ketones (excluding diaryl/α,β-unsaturated/α-hetero) is 2. The van der Waals surface area contributed by atoms with Crippen LogP contribution in [0.5, 0.6) is 0 Å². The van der Waals surface area contributed by atoms with Crippen molar-refractivity contribution in [1.29, 1.82) is 0 Å². The molecule has 0 saturated heterocycles. The first-order valence-corrected chi connectivity index (χ1v) is 12.4. The molecule has 0 unspecified atom stereocenters. The van der Waals surface area contributed by atoms with Gasteiger partial charge >= 0.3 is 12.4 Å². The number of ketones is 2. The van der Waals surface area contributed by atoms with Crippen molar-refractivity contribution in [3.05, 3.63) is 92.5 Å². The lowest BCUT2D eigenvalue weighted by Crippen LogP contribution is -2.22. The quantitative estimate of drug-likeness (QED) is 0.296. The number of alkyl halides is 6. The monoisotopic (exact) mass is 598 g/mol. The molecule has 0 aliphatic carbocycles. The number of nitrogens with one attached hydrogen (secondary N) is 2. The van der Waals surface area contributed by atoms with Gasteiger partial charge in [0.25, 0.3) is 0 Å². The predicted octanol–water partition coefficient (Wildman–Crippen LogP) is 7.76. The van der Waals surface area contributed by atoms with Crippen LogP contribution in [0.2, 0.25) is 0 Å². The molecule has 0 atom stereocenters. The fourth-order valence-corrected chi connectivity index (χ4v) is 4.84. The molecular formula is C27H21BrF6N2O2. The summed E-state index contributed by atoms with van der Waals surface area (Å²) in [7, 11) is 0. The molecule has 2 heterocycles. The number of rotatable bonds is 2. The van der Waals surface area contributed by atoms with Gasteiger partial charge in [-0.15, -0.1) is 0 Å². The summed E-state index contributed by atoms with van der Waals surface area (Å²) in [6.45, 7) is 0.490. The molecule has 2 aliphatic heterocycles. The average molecular weight is 599 g/mol. The largest absolute Gasteiger partial charge is 0.418 e. The first-order chi connectivity index (χ1) is 17.8. The Hall–Kier alpha value is -3.34. The van der Waals surface area contributed by atoms with Gasteiger partial charge in [-0.25, -0.2) is 0 Å². The molecule has 0 amide bonds. The number of benzene rings is 3. The van der Waals surface area contributed by atoms with Gasteiger partial charge in [-0.1, -0.05) is 46.3 Å². The molecule has 0 saturated carbocycles. The van der Waals surface area contributed by atoms with Crippen molar-refractivity contribution in [2.24, 2.45) is 0 Å². The van der Waals surface area contributed by atoms with Crippen molar-refractivity contribution in [3.63, 3.8) is 0 Å². The zero-order chi connectivity index (χ0) is 27.7. The molecule has 0 radical (unpaired) electrons. The number of hydrogen-bond donors (Lipinski definition) is 2. The van der Waals surface area contributed by atoms with Gasteiger partial charge in [0.2, 0.25) is 0 Å². The van der Waals surface area contributed by atoms with Crippen molar-refractivity contribution < 1.29 is 35.9 Å². The summed E-state index contributed by atoms with van der Waals surface area (Å²) in [6, 6.07) is 14.3. The highest BCUT2D eigenvalue weighted by atomic mass is 79.9. The Bertz CT molecular complexity index is 1370. The highest BCUT2D eigenvalue weighted by molar-refractivity contribution is 9.10. The van der Waals surface area contributed by atoms with Gasteiger partial charge in [0.1, 0.15) is 0 Å².